The van der Waals surface area contributed by atoms with Crippen molar-refractivity contribution in [1.29, 1.82) is 0 Å². The fraction of sp³-hybridized carbons (Fsp3) is 0.0625. The molecular weight excluding hydrogens is 240 g/mol. The molecule has 0 unspecified atom stereocenters. The van der Waals surface area contributed by atoms with Crippen LogP contribution < -0.4 is 9.47 Å². The molecule has 2 aromatic rings. The standard InChI is InChI=1S/C16H12O3/c1-18-12-6-4-5-11(9-12)10-15-16(17)13-7-2-3-8-14(13)19-15/h2-10H,1H3. The molecule has 19 heavy (non-hydrogen) atoms. The van der Waals surface area contributed by atoms with Crippen LogP contribution in [0.5, 0.6) is 11.5 Å². The molecule has 2 aromatic carbocycles. The zero-order valence-electron chi connectivity index (χ0n) is 10.4. The second-order valence-corrected chi connectivity index (χ2v) is 4.21. The summed E-state index contributed by atoms with van der Waals surface area (Å²) < 4.78 is 10.7. The van der Waals surface area contributed by atoms with Gasteiger partial charge in [0.2, 0.25) is 5.78 Å². The monoisotopic (exact) mass is 252 g/mol. The Kier molecular flexibility index (Phi) is 2.80. The molecule has 0 fully saturated rings. The quantitative estimate of drug-likeness (QED) is 0.769. The summed E-state index contributed by atoms with van der Waals surface area (Å²) in [6, 6.07) is 14.7. The molecule has 1 aliphatic heterocycles. The summed E-state index contributed by atoms with van der Waals surface area (Å²) in [6.07, 6.45) is 1.73. The lowest BCUT2D eigenvalue weighted by molar-refractivity contribution is 0.101. The van der Waals surface area contributed by atoms with Gasteiger partial charge in [0, 0.05) is 0 Å². The molecule has 0 bridgehead atoms. The van der Waals surface area contributed by atoms with Crippen molar-refractivity contribution in [2.75, 3.05) is 7.11 Å². The highest BCUT2D eigenvalue weighted by Crippen LogP contribution is 2.31. The van der Waals surface area contributed by atoms with Gasteiger partial charge in [-0.15, -0.1) is 0 Å². The van der Waals surface area contributed by atoms with E-state index in [1.807, 2.05) is 36.4 Å². The summed E-state index contributed by atoms with van der Waals surface area (Å²) in [6.45, 7) is 0. The minimum Gasteiger partial charge on any atom is -0.497 e. The molecule has 94 valence electrons. The highest BCUT2D eigenvalue weighted by molar-refractivity contribution is 6.14. The number of allylic oxidation sites excluding steroid dienone is 1. The molecule has 1 heterocycles. The molecule has 0 aliphatic carbocycles. The first-order valence-electron chi connectivity index (χ1n) is 5.95. The molecule has 0 saturated carbocycles. The maximum Gasteiger partial charge on any atom is 0.231 e. The normalized spacial score (nSPS) is 15.2. The first kappa shape index (κ1) is 11.5. The first-order valence-corrected chi connectivity index (χ1v) is 5.95. The lowest BCUT2D eigenvalue weighted by Crippen LogP contribution is -1.98. The van der Waals surface area contributed by atoms with Crippen LogP contribution in [0.15, 0.2) is 54.3 Å². The maximum absolute atomic E-state index is 12.1. The van der Waals surface area contributed by atoms with Crippen molar-refractivity contribution >= 4 is 11.9 Å². The van der Waals surface area contributed by atoms with Gasteiger partial charge in [-0.1, -0.05) is 24.3 Å². The van der Waals surface area contributed by atoms with E-state index < -0.39 is 0 Å². The van der Waals surface area contributed by atoms with Crippen LogP contribution in [0.2, 0.25) is 0 Å². The van der Waals surface area contributed by atoms with Crippen LogP contribution in [0.4, 0.5) is 0 Å². The van der Waals surface area contributed by atoms with Crippen molar-refractivity contribution in [3.05, 3.63) is 65.4 Å². The van der Waals surface area contributed by atoms with Crippen molar-refractivity contribution < 1.29 is 14.3 Å². The predicted molar refractivity (Wildman–Crippen MR) is 72.4 cm³/mol. The number of Topliss-reactive ketones (excluding diaryl/α,β-unsaturated/α-hetero) is 1. The molecule has 1 aliphatic rings. The minimum absolute atomic E-state index is 0.0848. The zero-order valence-corrected chi connectivity index (χ0v) is 10.4. The van der Waals surface area contributed by atoms with Gasteiger partial charge in [0.25, 0.3) is 0 Å². The topological polar surface area (TPSA) is 35.5 Å². The Morgan fingerprint density at radius 2 is 1.95 bits per heavy atom. The van der Waals surface area contributed by atoms with Gasteiger partial charge in [0.05, 0.1) is 12.7 Å². The van der Waals surface area contributed by atoms with Crippen molar-refractivity contribution in [1.82, 2.24) is 0 Å². The van der Waals surface area contributed by atoms with E-state index in [9.17, 15) is 4.79 Å². The van der Waals surface area contributed by atoms with Crippen LogP contribution in [-0.2, 0) is 0 Å². The van der Waals surface area contributed by atoms with Gasteiger partial charge in [-0.25, -0.2) is 0 Å². The predicted octanol–water partition coefficient (Wildman–Crippen LogP) is 3.31. The van der Waals surface area contributed by atoms with Crippen molar-refractivity contribution in [2.24, 2.45) is 0 Å². The van der Waals surface area contributed by atoms with Crippen LogP contribution in [0.1, 0.15) is 15.9 Å². The number of methoxy groups -OCH3 is 1. The van der Waals surface area contributed by atoms with Crippen LogP contribution in [0.3, 0.4) is 0 Å². The molecular formula is C16H12O3. The Balaban J connectivity index is 1.96. The van der Waals surface area contributed by atoms with E-state index in [0.717, 1.165) is 11.3 Å². The number of fused-ring (bicyclic) bond motifs is 1. The second-order valence-electron chi connectivity index (χ2n) is 4.21. The van der Waals surface area contributed by atoms with Crippen molar-refractivity contribution in [2.45, 2.75) is 0 Å². The summed E-state index contributed by atoms with van der Waals surface area (Å²) in [5.41, 5.74) is 1.48. The van der Waals surface area contributed by atoms with Crippen LogP contribution >= 0.6 is 0 Å². The Morgan fingerprint density at radius 1 is 1.11 bits per heavy atom. The van der Waals surface area contributed by atoms with E-state index in [2.05, 4.69) is 0 Å². The SMILES string of the molecule is COc1cccc(C=C2Oc3ccccc3C2=O)c1. The average Bonchev–Trinajstić information content (AvgIpc) is 2.76. The van der Waals surface area contributed by atoms with Crippen LogP contribution in [0.25, 0.3) is 6.08 Å². The molecule has 0 atom stereocenters. The Morgan fingerprint density at radius 3 is 2.74 bits per heavy atom. The number of ketones is 1. The zero-order chi connectivity index (χ0) is 13.2. The lowest BCUT2D eigenvalue weighted by Gasteiger charge is -2.01. The highest BCUT2D eigenvalue weighted by atomic mass is 16.5. The number of carbonyl (C=O) groups is 1. The van der Waals surface area contributed by atoms with Gasteiger partial charge in [-0.05, 0) is 35.9 Å². The summed E-state index contributed by atoms with van der Waals surface area (Å²) in [5, 5.41) is 0. The van der Waals surface area contributed by atoms with Crippen LogP contribution in [-0.4, -0.2) is 12.9 Å². The van der Waals surface area contributed by atoms with E-state index in [1.165, 1.54) is 0 Å². The number of ether oxygens (including phenoxy) is 2. The molecule has 0 N–H and O–H groups in total. The summed E-state index contributed by atoms with van der Waals surface area (Å²) in [7, 11) is 1.61. The largest absolute Gasteiger partial charge is 0.497 e. The van der Waals surface area contributed by atoms with Gasteiger partial charge >= 0.3 is 0 Å². The Labute approximate surface area is 111 Å². The third kappa shape index (κ3) is 2.10. The maximum atomic E-state index is 12.1. The molecule has 0 aromatic heterocycles. The van der Waals surface area contributed by atoms with E-state index in [-0.39, 0.29) is 5.78 Å². The fourth-order valence-corrected chi connectivity index (χ4v) is 2.02. The summed E-state index contributed by atoms with van der Waals surface area (Å²) in [5.74, 6) is 1.62. The summed E-state index contributed by atoms with van der Waals surface area (Å²) in [4.78, 5) is 12.1. The van der Waals surface area contributed by atoms with Gasteiger partial charge in [0.15, 0.2) is 5.76 Å². The first-order chi connectivity index (χ1) is 9.28. The van der Waals surface area contributed by atoms with Crippen LogP contribution in [0, 0.1) is 0 Å². The molecule has 0 amide bonds. The van der Waals surface area contributed by atoms with Gasteiger partial charge in [0.1, 0.15) is 11.5 Å². The minimum atomic E-state index is -0.0848. The summed E-state index contributed by atoms with van der Waals surface area (Å²) >= 11 is 0. The molecule has 0 saturated heterocycles. The number of benzene rings is 2. The molecule has 3 heteroatoms. The smallest absolute Gasteiger partial charge is 0.231 e. The fourth-order valence-electron chi connectivity index (χ4n) is 2.02. The highest BCUT2D eigenvalue weighted by Gasteiger charge is 2.26. The Bertz CT molecular complexity index is 671. The number of hydrogen-bond acceptors (Lipinski definition) is 3. The third-order valence-corrected chi connectivity index (χ3v) is 2.97. The second kappa shape index (κ2) is 4.61. The van der Waals surface area contributed by atoms with Gasteiger partial charge < -0.3 is 9.47 Å². The number of para-hydroxylation sites is 1. The third-order valence-electron chi connectivity index (χ3n) is 2.97. The number of carbonyl (C=O) groups excluding carboxylic acids is 1. The Hall–Kier alpha value is -2.55. The molecule has 0 spiro atoms. The van der Waals surface area contributed by atoms with Gasteiger partial charge in [-0.2, -0.15) is 0 Å². The van der Waals surface area contributed by atoms with Crippen molar-refractivity contribution in [3.63, 3.8) is 0 Å². The van der Waals surface area contributed by atoms with Crippen molar-refractivity contribution in [3.8, 4) is 11.5 Å². The van der Waals surface area contributed by atoms with E-state index in [1.54, 1.807) is 25.3 Å². The van der Waals surface area contributed by atoms with E-state index in [0.29, 0.717) is 17.1 Å². The molecule has 3 rings (SSSR count). The van der Waals surface area contributed by atoms with Gasteiger partial charge in [-0.3, -0.25) is 4.79 Å². The number of hydrogen-bond donors (Lipinski definition) is 0. The van der Waals surface area contributed by atoms with E-state index in [4.69, 9.17) is 9.47 Å². The molecule has 3 nitrogen and oxygen atoms in total. The average molecular weight is 252 g/mol. The molecule has 0 radical (unpaired) electrons. The van der Waals surface area contributed by atoms with E-state index >= 15 is 0 Å². The number of rotatable bonds is 2. The lowest BCUT2D eigenvalue weighted by atomic mass is 10.1.